The van der Waals surface area contributed by atoms with E-state index in [0.29, 0.717) is 0 Å². The average Bonchev–Trinajstić information content (AvgIpc) is 3.34. The van der Waals surface area contributed by atoms with Crippen molar-refractivity contribution in [1.82, 2.24) is 15.0 Å². The fourth-order valence-electron chi connectivity index (χ4n) is 3.54. The molecule has 0 bridgehead atoms. The van der Waals surface area contributed by atoms with Gasteiger partial charge in [0.05, 0.1) is 11.6 Å². The largest absolute Gasteiger partial charge is 0.360 e. The van der Waals surface area contributed by atoms with Gasteiger partial charge in [-0.1, -0.05) is 42.5 Å². The van der Waals surface area contributed by atoms with E-state index in [4.69, 9.17) is 0 Å². The molecule has 0 unspecified atom stereocenters. The van der Waals surface area contributed by atoms with Crippen molar-refractivity contribution in [3.05, 3.63) is 88.7 Å². The summed E-state index contributed by atoms with van der Waals surface area (Å²) < 4.78 is 0. The summed E-state index contributed by atoms with van der Waals surface area (Å²) in [6.07, 6.45) is 6.27. The van der Waals surface area contributed by atoms with Crippen LogP contribution in [0.2, 0.25) is 0 Å². The summed E-state index contributed by atoms with van der Waals surface area (Å²) >= 11 is 1.69. The van der Waals surface area contributed by atoms with Gasteiger partial charge in [0.1, 0.15) is 11.2 Å². The Morgan fingerprint density at radius 2 is 2.00 bits per heavy atom. The molecular weight excluding hydrogens is 378 g/mol. The van der Waals surface area contributed by atoms with E-state index in [2.05, 4.69) is 80.9 Å². The van der Waals surface area contributed by atoms with E-state index < -0.39 is 0 Å². The smallest absolute Gasteiger partial charge is 0.158 e. The Kier molecular flexibility index (Phi) is 4.54. The van der Waals surface area contributed by atoms with Gasteiger partial charge in [0.15, 0.2) is 5.82 Å². The minimum absolute atomic E-state index is 0.721. The van der Waals surface area contributed by atoms with Crippen molar-refractivity contribution in [2.45, 2.75) is 13.3 Å². The van der Waals surface area contributed by atoms with Crippen LogP contribution in [0.1, 0.15) is 21.6 Å². The summed E-state index contributed by atoms with van der Waals surface area (Å²) in [5.41, 5.74) is 7.76. The highest BCUT2D eigenvalue weighted by atomic mass is 32.1. The normalized spacial score (nSPS) is 11.6. The molecule has 0 saturated carbocycles. The highest BCUT2D eigenvalue weighted by molar-refractivity contribution is 7.18. The second-order valence-electron chi connectivity index (χ2n) is 6.93. The van der Waals surface area contributed by atoms with Crippen molar-refractivity contribution in [1.29, 1.82) is 0 Å². The number of aromatic nitrogens is 3. The average molecular weight is 398 g/mol. The highest BCUT2D eigenvalue weighted by Crippen LogP contribution is 2.29. The Hall–Kier alpha value is -3.51. The lowest BCUT2D eigenvalue weighted by molar-refractivity contribution is 1.19. The van der Waals surface area contributed by atoms with Crippen LogP contribution >= 0.6 is 11.3 Å². The molecule has 5 rings (SSSR count). The molecule has 3 aromatic heterocycles. The zero-order chi connectivity index (χ0) is 19.6. The number of aromatic amines is 1. The molecule has 0 spiro atoms. The Balaban J connectivity index is 1.41. The van der Waals surface area contributed by atoms with Gasteiger partial charge in [-0.15, -0.1) is 11.3 Å². The van der Waals surface area contributed by atoms with E-state index in [9.17, 15) is 0 Å². The maximum atomic E-state index is 4.44. The van der Waals surface area contributed by atoms with Gasteiger partial charge in [0.25, 0.3) is 0 Å². The quantitative estimate of drug-likeness (QED) is 0.303. The maximum absolute atomic E-state index is 4.44. The molecule has 142 valence electrons. The third-order valence-corrected chi connectivity index (χ3v) is 5.96. The minimum Gasteiger partial charge on any atom is -0.360 e. The van der Waals surface area contributed by atoms with Gasteiger partial charge in [0.2, 0.25) is 0 Å². The van der Waals surface area contributed by atoms with Gasteiger partial charge in [-0.05, 0) is 30.2 Å². The predicted molar refractivity (Wildman–Crippen MR) is 121 cm³/mol. The second-order valence-corrected chi connectivity index (χ2v) is 8.04. The number of H-pyrrole nitrogens is 1. The van der Waals surface area contributed by atoms with Crippen molar-refractivity contribution in [3.63, 3.8) is 0 Å². The summed E-state index contributed by atoms with van der Waals surface area (Å²) in [6.45, 7) is 2.11. The third kappa shape index (κ3) is 3.50. The molecule has 0 saturated heterocycles. The number of thiophene rings is 1. The van der Waals surface area contributed by atoms with Crippen LogP contribution in [0.25, 0.3) is 21.1 Å². The SMILES string of the molecule is Cc1cccc2[nH]cc(/C=N\Nc3ncnc4sc(Cc5ccccc5)cc34)c12. The summed E-state index contributed by atoms with van der Waals surface area (Å²) in [5, 5.41) is 6.62. The summed E-state index contributed by atoms with van der Waals surface area (Å²) in [5.74, 6) is 0.721. The monoisotopic (exact) mass is 397 g/mol. The first-order valence-electron chi connectivity index (χ1n) is 9.41. The number of benzene rings is 2. The van der Waals surface area contributed by atoms with E-state index >= 15 is 0 Å². The Labute approximate surface area is 172 Å². The molecule has 29 heavy (non-hydrogen) atoms. The molecule has 2 aromatic carbocycles. The van der Waals surface area contributed by atoms with Crippen LogP contribution in [0, 0.1) is 6.92 Å². The molecule has 0 radical (unpaired) electrons. The summed E-state index contributed by atoms with van der Waals surface area (Å²) in [6, 6.07) is 18.8. The Morgan fingerprint density at radius 3 is 2.90 bits per heavy atom. The lowest BCUT2D eigenvalue weighted by atomic mass is 10.1. The van der Waals surface area contributed by atoms with Crippen LogP contribution in [0.5, 0.6) is 0 Å². The van der Waals surface area contributed by atoms with Gasteiger partial charge in [-0.2, -0.15) is 5.10 Å². The second kappa shape index (κ2) is 7.48. The van der Waals surface area contributed by atoms with Crippen molar-refractivity contribution in [2.75, 3.05) is 5.43 Å². The van der Waals surface area contributed by atoms with E-state index in [1.54, 1.807) is 17.7 Å². The number of nitrogens with one attached hydrogen (secondary N) is 2. The summed E-state index contributed by atoms with van der Waals surface area (Å²) in [7, 11) is 0. The van der Waals surface area contributed by atoms with E-state index in [1.807, 2.05) is 18.5 Å². The fraction of sp³-hybridized carbons (Fsp3) is 0.0870. The van der Waals surface area contributed by atoms with Gasteiger partial charge in [-0.3, -0.25) is 5.43 Å². The van der Waals surface area contributed by atoms with Crippen LogP contribution in [0.4, 0.5) is 5.82 Å². The first-order chi connectivity index (χ1) is 14.3. The topological polar surface area (TPSA) is 66.0 Å². The summed E-state index contributed by atoms with van der Waals surface area (Å²) in [4.78, 5) is 14.3. The van der Waals surface area contributed by atoms with E-state index in [0.717, 1.165) is 33.5 Å². The van der Waals surface area contributed by atoms with Gasteiger partial charge < -0.3 is 4.98 Å². The lowest BCUT2D eigenvalue weighted by Gasteiger charge is -2.00. The lowest BCUT2D eigenvalue weighted by Crippen LogP contribution is -1.94. The van der Waals surface area contributed by atoms with Gasteiger partial charge in [0, 0.05) is 34.0 Å². The molecule has 5 nitrogen and oxygen atoms in total. The molecular formula is C23H19N5S. The predicted octanol–water partition coefficient (Wildman–Crippen LogP) is 5.52. The van der Waals surface area contributed by atoms with Crippen molar-refractivity contribution in [3.8, 4) is 0 Å². The zero-order valence-electron chi connectivity index (χ0n) is 15.9. The highest BCUT2D eigenvalue weighted by Gasteiger charge is 2.09. The van der Waals surface area contributed by atoms with Crippen molar-refractivity contribution in [2.24, 2.45) is 5.10 Å². The number of anilines is 1. The molecule has 0 atom stereocenters. The van der Waals surface area contributed by atoms with E-state index in [1.165, 1.54) is 21.4 Å². The standard InChI is InChI=1S/C23H19N5S/c1-15-6-5-9-20-21(15)17(12-24-20)13-27-28-22-19-11-18(29-23(19)26-14-25-22)10-16-7-3-2-4-8-16/h2-9,11-14,24H,10H2,1H3,(H,25,26,28)/b27-13-. The van der Waals surface area contributed by atoms with Crippen molar-refractivity contribution >= 4 is 44.5 Å². The van der Waals surface area contributed by atoms with Crippen LogP contribution < -0.4 is 5.43 Å². The molecule has 0 aliphatic rings. The molecule has 3 heterocycles. The van der Waals surface area contributed by atoms with Gasteiger partial charge >= 0.3 is 0 Å². The van der Waals surface area contributed by atoms with Crippen molar-refractivity contribution < 1.29 is 0 Å². The third-order valence-electron chi connectivity index (χ3n) is 4.92. The molecule has 2 N–H and O–H groups in total. The number of fused-ring (bicyclic) bond motifs is 2. The van der Waals surface area contributed by atoms with Gasteiger partial charge in [-0.25, -0.2) is 9.97 Å². The van der Waals surface area contributed by atoms with Crippen LogP contribution in [-0.4, -0.2) is 21.2 Å². The number of nitrogens with zero attached hydrogens (tertiary/aromatic N) is 3. The van der Waals surface area contributed by atoms with Crippen LogP contribution in [0.3, 0.4) is 0 Å². The first-order valence-corrected chi connectivity index (χ1v) is 10.2. The molecule has 0 amide bonds. The fourth-order valence-corrected chi connectivity index (χ4v) is 4.57. The molecule has 6 heteroatoms. The Morgan fingerprint density at radius 1 is 1.10 bits per heavy atom. The minimum atomic E-state index is 0.721. The number of hydrogen-bond donors (Lipinski definition) is 2. The maximum Gasteiger partial charge on any atom is 0.158 e. The number of aryl methyl sites for hydroxylation is 1. The van der Waals surface area contributed by atoms with Crippen LogP contribution in [-0.2, 0) is 6.42 Å². The first kappa shape index (κ1) is 17.6. The number of hydrazone groups is 1. The Bertz CT molecular complexity index is 1320. The van der Waals surface area contributed by atoms with Crippen LogP contribution in [0.15, 0.2) is 72.2 Å². The molecule has 5 aromatic rings. The number of hydrogen-bond acceptors (Lipinski definition) is 5. The van der Waals surface area contributed by atoms with E-state index in [-0.39, 0.29) is 0 Å². The number of rotatable bonds is 5. The zero-order valence-corrected chi connectivity index (χ0v) is 16.7. The molecule has 0 fully saturated rings. The molecule has 0 aliphatic carbocycles. The molecule has 0 aliphatic heterocycles.